The zero-order chi connectivity index (χ0) is 18.3. The third kappa shape index (κ3) is 6.08. The molecule has 6 heteroatoms. The maximum Gasteiger partial charge on any atom is 0.241 e. The van der Waals surface area contributed by atoms with Gasteiger partial charge in [0.1, 0.15) is 6.29 Å². The van der Waals surface area contributed by atoms with Crippen LogP contribution < -0.4 is 4.72 Å². The van der Waals surface area contributed by atoms with Crippen molar-refractivity contribution in [3.05, 3.63) is 65.7 Å². The molecule has 5 nitrogen and oxygen atoms in total. The molecule has 2 aromatic carbocycles. The lowest BCUT2D eigenvalue weighted by atomic mass is 10.1. The van der Waals surface area contributed by atoms with Crippen molar-refractivity contribution < 1.29 is 17.9 Å². The average Bonchev–Trinajstić information content (AvgIpc) is 2.60. The van der Waals surface area contributed by atoms with E-state index >= 15 is 0 Å². The predicted octanol–water partition coefficient (Wildman–Crippen LogP) is 2.84. The van der Waals surface area contributed by atoms with Gasteiger partial charge in [-0.25, -0.2) is 13.1 Å². The number of nitrogens with one attached hydrogen (secondary N) is 1. The molecule has 25 heavy (non-hydrogen) atoms. The van der Waals surface area contributed by atoms with Crippen molar-refractivity contribution >= 4 is 16.3 Å². The molecule has 2 aromatic rings. The zero-order valence-corrected chi connectivity index (χ0v) is 15.2. The number of hydrogen-bond donors (Lipinski definition) is 1. The predicted molar refractivity (Wildman–Crippen MR) is 96.7 cm³/mol. The molecule has 0 bridgehead atoms. The van der Waals surface area contributed by atoms with Crippen LogP contribution in [0.5, 0.6) is 0 Å². The van der Waals surface area contributed by atoms with Gasteiger partial charge in [-0.15, -0.1) is 0 Å². The number of benzene rings is 2. The Labute approximate surface area is 149 Å². The summed E-state index contributed by atoms with van der Waals surface area (Å²) < 4.78 is 32.9. The third-order valence-electron chi connectivity index (χ3n) is 3.77. The van der Waals surface area contributed by atoms with Crippen molar-refractivity contribution in [2.75, 3.05) is 0 Å². The summed E-state index contributed by atoms with van der Waals surface area (Å²) in [5, 5.41) is 0. The van der Waals surface area contributed by atoms with Crippen LogP contribution in [0.2, 0.25) is 0 Å². The maximum absolute atomic E-state index is 12.4. The van der Waals surface area contributed by atoms with Crippen molar-refractivity contribution in [1.82, 2.24) is 4.72 Å². The summed E-state index contributed by atoms with van der Waals surface area (Å²) in [5.41, 5.74) is 1.99. The summed E-state index contributed by atoms with van der Waals surface area (Å²) in [4.78, 5) is 11.4. The Morgan fingerprint density at radius 1 is 1.08 bits per heavy atom. The molecule has 0 fully saturated rings. The second-order valence-corrected chi connectivity index (χ2v) is 7.73. The van der Waals surface area contributed by atoms with Crippen LogP contribution in [-0.4, -0.2) is 26.8 Å². The van der Waals surface area contributed by atoms with Crippen molar-refractivity contribution in [1.29, 1.82) is 0 Å². The van der Waals surface area contributed by atoms with E-state index < -0.39 is 16.1 Å². The number of aryl methyl sites for hydroxylation is 1. The Hall–Kier alpha value is -2.02. The molecule has 0 aliphatic carbocycles. The normalized spacial score (nSPS) is 14.0. The van der Waals surface area contributed by atoms with Gasteiger partial charge in [0.2, 0.25) is 10.0 Å². The highest BCUT2D eigenvalue weighted by Gasteiger charge is 2.21. The van der Waals surface area contributed by atoms with Crippen molar-refractivity contribution in [2.45, 2.75) is 43.9 Å². The first-order valence-electron chi connectivity index (χ1n) is 8.10. The number of hydrogen-bond acceptors (Lipinski definition) is 4. The number of aldehydes is 1. The maximum atomic E-state index is 12.4. The molecule has 0 saturated carbocycles. The van der Waals surface area contributed by atoms with Crippen LogP contribution in [0, 0.1) is 6.92 Å². The largest absolute Gasteiger partial charge is 0.374 e. The lowest BCUT2D eigenvalue weighted by Crippen LogP contribution is -2.38. The fraction of sp³-hybridized carbons (Fsp3) is 0.316. The number of ether oxygens (including phenoxy) is 1. The van der Waals surface area contributed by atoms with E-state index in [0.29, 0.717) is 12.9 Å². The minimum Gasteiger partial charge on any atom is -0.374 e. The first kappa shape index (κ1) is 19.3. The summed E-state index contributed by atoms with van der Waals surface area (Å²) in [6, 6.07) is 15.3. The molecule has 0 aliphatic heterocycles. The molecule has 0 radical (unpaired) electrons. The van der Waals surface area contributed by atoms with Gasteiger partial charge in [-0.1, -0.05) is 48.0 Å². The van der Waals surface area contributed by atoms with E-state index in [1.807, 2.05) is 44.2 Å². The third-order valence-corrected chi connectivity index (χ3v) is 5.27. The molecule has 0 aliphatic rings. The minimum absolute atomic E-state index is 0.141. The van der Waals surface area contributed by atoms with Crippen LogP contribution in [0.25, 0.3) is 0 Å². The first-order chi connectivity index (χ1) is 11.9. The van der Waals surface area contributed by atoms with E-state index in [9.17, 15) is 13.2 Å². The van der Waals surface area contributed by atoms with Crippen LogP contribution in [-0.2, 0) is 26.2 Å². The van der Waals surface area contributed by atoms with Crippen molar-refractivity contribution in [3.8, 4) is 0 Å². The molecule has 2 rings (SSSR count). The molecule has 0 saturated heterocycles. The van der Waals surface area contributed by atoms with Crippen LogP contribution in [0.4, 0.5) is 0 Å². The number of carbonyl (C=O) groups excluding carboxylic acids is 1. The summed E-state index contributed by atoms with van der Waals surface area (Å²) in [7, 11) is -3.74. The standard InChI is InChI=1S/C19H23NO4S/c1-15-8-10-19(11-9-15)25(22,23)20-18(13-21)12-16(2)24-14-17-6-4-3-5-7-17/h3-11,13,16,18,20H,12,14H2,1-2H3. The Balaban J connectivity index is 1.92. The van der Waals surface area contributed by atoms with Crippen LogP contribution in [0.1, 0.15) is 24.5 Å². The van der Waals surface area contributed by atoms with E-state index in [2.05, 4.69) is 4.72 Å². The molecule has 0 heterocycles. The molecular weight excluding hydrogens is 338 g/mol. The monoisotopic (exact) mass is 361 g/mol. The highest BCUT2D eigenvalue weighted by atomic mass is 32.2. The minimum atomic E-state index is -3.74. The van der Waals surface area contributed by atoms with E-state index in [1.165, 1.54) is 12.1 Å². The van der Waals surface area contributed by atoms with Gasteiger partial charge in [-0.05, 0) is 38.0 Å². The van der Waals surface area contributed by atoms with Gasteiger partial charge in [0.05, 0.1) is 23.6 Å². The summed E-state index contributed by atoms with van der Waals surface area (Å²) in [6.45, 7) is 4.11. The Kier molecular flexibility index (Phi) is 6.87. The lowest BCUT2D eigenvalue weighted by molar-refractivity contribution is -0.110. The topological polar surface area (TPSA) is 72.5 Å². The second kappa shape index (κ2) is 8.89. The lowest BCUT2D eigenvalue weighted by Gasteiger charge is -2.18. The highest BCUT2D eigenvalue weighted by Crippen LogP contribution is 2.12. The van der Waals surface area contributed by atoms with Gasteiger partial charge in [0.15, 0.2) is 0 Å². The Bertz CT molecular complexity index is 773. The van der Waals surface area contributed by atoms with Gasteiger partial charge in [-0.2, -0.15) is 0 Å². The van der Waals surface area contributed by atoms with E-state index in [4.69, 9.17) is 4.74 Å². The fourth-order valence-corrected chi connectivity index (χ4v) is 3.54. The van der Waals surface area contributed by atoms with Gasteiger partial charge >= 0.3 is 0 Å². The van der Waals surface area contributed by atoms with Crippen LogP contribution in [0.3, 0.4) is 0 Å². The van der Waals surface area contributed by atoms with Gasteiger partial charge in [-0.3, -0.25) is 0 Å². The molecule has 1 N–H and O–H groups in total. The van der Waals surface area contributed by atoms with Gasteiger partial charge < -0.3 is 9.53 Å². The summed E-state index contributed by atoms with van der Waals surface area (Å²) >= 11 is 0. The van der Waals surface area contributed by atoms with Gasteiger partial charge in [0.25, 0.3) is 0 Å². The summed E-state index contributed by atoms with van der Waals surface area (Å²) in [5.74, 6) is 0. The molecule has 2 unspecified atom stereocenters. The second-order valence-electron chi connectivity index (χ2n) is 6.02. The smallest absolute Gasteiger partial charge is 0.241 e. The SMILES string of the molecule is Cc1ccc(S(=O)(=O)NC(C=O)CC(C)OCc2ccccc2)cc1. The fourth-order valence-electron chi connectivity index (χ4n) is 2.35. The number of carbonyl (C=O) groups is 1. The van der Waals surface area contributed by atoms with Crippen LogP contribution >= 0.6 is 0 Å². The number of sulfonamides is 1. The zero-order valence-electron chi connectivity index (χ0n) is 14.4. The quantitative estimate of drug-likeness (QED) is 0.697. The first-order valence-corrected chi connectivity index (χ1v) is 9.59. The average molecular weight is 361 g/mol. The van der Waals surface area contributed by atoms with E-state index in [-0.39, 0.29) is 17.4 Å². The summed E-state index contributed by atoms with van der Waals surface area (Å²) in [6.07, 6.45) is 0.603. The Morgan fingerprint density at radius 3 is 2.32 bits per heavy atom. The molecule has 0 amide bonds. The van der Waals surface area contributed by atoms with Crippen LogP contribution in [0.15, 0.2) is 59.5 Å². The molecule has 2 atom stereocenters. The molecular formula is C19H23NO4S. The molecule has 0 spiro atoms. The Morgan fingerprint density at radius 2 is 1.72 bits per heavy atom. The molecule has 134 valence electrons. The van der Waals surface area contributed by atoms with E-state index in [1.54, 1.807) is 12.1 Å². The van der Waals surface area contributed by atoms with Crippen molar-refractivity contribution in [2.24, 2.45) is 0 Å². The van der Waals surface area contributed by atoms with Crippen molar-refractivity contribution in [3.63, 3.8) is 0 Å². The number of rotatable bonds is 9. The molecule has 0 aromatic heterocycles. The van der Waals surface area contributed by atoms with E-state index in [0.717, 1.165) is 11.1 Å². The highest BCUT2D eigenvalue weighted by molar-refractivity contribution is 7.89. The van der Waals surface area contributed by atoms with Gasteiger partial charge in [0, 0.05) is 0 Å².